The largest absolute Gasteiger partial charge is 0.351 e. The summed E-state index contributed by atoms with van der Waals surface area (Å²) in [6, 6.07) is 9.83. The Morgan fingerprint density at radius 3 is 2.90 bits per heavy atom. The summed E-state index contributed by atoms with van der Waals surface area (Å²) in [5, 5.41) is 2.79. The summed E-state index contributed by atoms with van der Waals surface area (Å²) in [5.74, 6) is 1.14. The standard InChI is InChI=1S/C14H13BrFNOS2/c15-13-5-4-12(20-13)9-19-7-6-17-14(18)10-2-1-3-11(16)8-10/h1-5,8H,6-7,9H2,(H,17,18). The molecule has 0 spiro atoms. The molecule has 0 unspecified atom stereocenters. The lowest BCUT2D eigenvalue weighted by atomic mass is 10.2. The first kappa shape index (κ1) is 15.5. The van der Waals surface area contributed by atoms with E-state index in [9.17, 15) is 9.18 Å². The van der Waals surface area contributed by atoms with Gasteiger partial charge >= 0.3 is 0 Å². The van der Waals surface area contributed by atoms with Gasteiger partial charge in [-0.3, -0.25) is 4.79 Å². The molecule has 0 saturated carbocycles. The van der Waals surface area contributed by atoms with Crippen LogP contribution in [0.4, 0.5) is 4.39 Å². The van der Waals surface area contributed by atoms with Gasteiger partial charge < -0.3 is 5.32 Å². The van der Waals surface area contributed by atoms with E-state index < -0.39 is 5.82 Å². The average molecular weight is 374 g/mol. The molecule has 1 amide bonds. The number of carbonyl (C=O) groups excluding carboxylic acids is 1. The number of thioether (sulfide) groups is 1. The minimum Gasteiger partial charge on any atom is -0.351 e. The van der Waals surface area contributed by atoms with E-state index in [2.05, 4.69) is 27.3 Å². The average Bonchev–Trinajstić information content (AvgIpc) is 2.84. The molecule has 0 radical (unpaired) electrons. The highest BCUT2D eigenvalue weighted by atomic mass is 79.9. The van der Waals surface area contributed by atoms with E-state index in [0.717, 1.165) is 15.3 Å². The molecule has 0 atom stereocenters. The quantitative estimate of drug-likeness (QED) is 0.764. The molecule has 0 aliphatic carbocycles. The van der Waals surface area contributed by atoms with E-state index in [1.807, 2.05) is 6.07 Å². The number of halogens is 2. The Morgan fingerprint density at radius 1 is 1.35 bits per heavy atom. The molecule has 1 aromatic carbocycles. The van der Waals surface area contributed by atoms with Crippen molar-refractivity contribution in [3.05, 3.63) is 56.4 Å². The van der Waals surface area contributed by atoms with Crippen LogP contribution in [0.2, 0.25) is 0 Å². The molecule has 0 fully saturated rings. The monoisotopic (exact) mass is 373 g/mol. The Kier molecular flexibility index (Phi) is 6.06. The highest BCUT2D eigenvalue weighted by Gasteiger charge is 2.05. The van der Waals surface area contributed by atoms with Crippen LogP contribution in [0.15, 0.2) is 40.2 Å². The van der Waals surface area contributed by atoms with Gasteiger partial charge in [0, 0.05) is 28.5 Å². The van der Waals surface area contributed by atoms with Crippen LogP contribution in [0.3, 0.4) is 0 Å². The van der Waals surface area contributed by atoms with Crippen LogP contribution >= 0.6 is 39.0 Å². The van der Waals surface area contributed by atoms with Crippen molar-refractivity contribution >= 4 is 44.9 Å². The van der Waals surface area contributed by atoms with Crippen molar-refractivity contribution in [2.75, 3.05) is 12.3 Å². The van der Waals surface area contributed by atoms with E-state index >= 15 is 0 Å². The summed E-state index contributed by atoms with van der Waals surface area (Å²) in [4.78, 5) is 13.0. The molecule has 2 aromatic rings. The fourth-order valence-electron chi connectivity index (χ4n) is 1.57. The maximum Gasteiger partial charge on any atom is 0.251 e. The zero-order valence-electron chi connectivity index (χ0n) is 10.6. The first-order chi connectivity index (χ1) is 9.65. The third-order valence-electron chi connectivity index (χ3n) is 2.49. The molecule has 6 heteroatoms. The van der Waals surface area contributed by atoms with E-state index in [1.165, 1.54) is 23.1 Å². The van der Waals surface area contributed by atoms with Crippen molar-refractivity contribution in [3.8, 4) is 0 Å². The van der Waals surface area contributed by atoms with Crippen LogP contribution in [0, 0.1) is 5.82 Å². The first-order valence-electron chi connectivity index (χ1n) is 6.01. The van der Waals surface area contributed by atoms with Gasteiger partial charge in [-0.2, -0.15) is 11.8 Å². The molecule has 0 aliphatic heterocycles. The zero-order chi connectivity index (χ0) is 14.4. The van der Waals surface area contributed by atoms with E-state index in [1.54, 1.807) is 29.2 Å². The van der Waals surface area contributed by atoms with Gasteiger partial charge in [0.25, 0.3) is 5.91 Å². The molecule has 0 aliphatic rings. The maximum absolute atomic E-state index is 13.0. The van der Waals surface area contributed by atoms with Crippen LogP contribution in [-0.2, 0) is 5.75 Å². The topological polar surface area (TPSA) is 29.1 Å². The van der Waals surface area contributed by atoms with Crippen molar-refractivity contribution in [3.63, 3.8) is 0 Å². The minimum atomic E-state index is -0.393. The summed E-state index contributed by atoms with van der Waals surface area (Å²) in [6.45, 7) is 0.576. The highest BCUT2D eigenvalue weighted by molar-refractivity contribution is 9.11. The highest BCUT2D eigenvalue weighted by Crippen LogP contribution is 2.25. The second-order valence-corrected chi connectivity index (χ2v) is 7.68. The normalized spacial score (nSPS) is 10.5. The van der Waals surface area contributed by atoms with Gasteiger partial charge in [0.2, 0.25) is 0 Å². The zero-order valence-corrected chi connectivity index (χ0v) is 13.8. The van der Waals surface area contributed by atoms with Gasteiger partial charge in [-0.1, -0.05) is 6.07 Å². The van der Waals surface area contributed by atoms with Crippen LogP contribution in [0.5, 0.6) is 0 Å². The smallest absolute Gasteiger partial charge is 0.251 e. The van der Waals surface area contributed by atoms with Gasteiger partial charge in [0.1, 0.15) is 5.82 Å². The predicted octanol–water partition coefficient (Wildman–Crippen LogP) is 4.31. The number of amides is 1. The van der Waals surface area contributed by atoms with Gasteiger partial charge in [-0.25, -0.2) is 4.39 Å². The summed E-state index contributed by atoms with van der Waals surface area (Å²) < 4.78 is 14.1. The van der Waals surface area contributed by atoms with Gasteiger partial charge in [-0.15, -0.1) is 11.3 Å². The summed E-state index contributed by atoms with van der Waals surface area (Å²) in [6.07, 6.45) is 0. The van der Waals surface area contributed by atoms with Crippen LogP contribution in [0.25, 0.3) is 0 Å². The minimum absolute atomic E-state index is 0.232. The number of hydrogen-bond acceptors (Lipinski definition) is 3. The molecule has 2 nitrogen and oxygen atoms in total. The Hall–Kier alpha value is -0.850. The summed E-state index contributed by atoms with van der Waals surface area (Å²) >= 11 is 6.91. The molecule has 0 saturated heterocycles. The Labute approximate surface area is 133 Å². The fourth-order valence-corrected chi connectivity index (χ4v) is 4.02. The Morgan fingerprint density at radius 2 is 2.20 bits per heavy atom. The third kappa shape index (κ3) is 4.92. The molecule has 1 heterocycles. The second-order valence-electron chi connectivity index (χ2n) is 4.02. The number of benzene rings is 1. The van der Waals surface area contributed by atoms with Crippen molar-refractivity contribution < 1.29 is 9.18 Å². The molecule has 1 aromatic heterocycles. The number of hydrogen-bond donors (Lipinski definition) is 1. The van der Waals surface area contributed by atoms with Gasteiger partial charge in [0.05, 0.1) is 3.79 Å². The Balaban J connectivity index is 1.67. The number of rotatable bonds is 6. The summed E-state index contributed by atoms with van der Waals surface area (Å²) in [5.41, 5.74) is 0.359. The lowest BCUT2D eigenvalue weighted by molar-refractivity contribution is 0.0955. The molecular formula is C14H13BrFNOS2. The molecule has 2 rings (SSSR count). The SMILES string of the molecule is O=C(NCCSCc1ccc(Br)s1)c1cccc(F)c1. The van der Waals surface area contributed by atoms with Crippen LogP contribution in [0.1, 0.15) is 15.2 Å². The van der Waals surface area contributed by atoms with Gasteiger partial charge in [-0.05, 0) is 46.3 Å². The lowest BCUT2D eigenvalue weighted by Gasteiger charge is -2.05. The van der Waals surface area contributed by atoms with Crippen molar-refractivity contribution in [1.29, 1.82) is 0 Å². The molecule has 1 N–H and O–H groups in total. The molecule has 106 valence electrons. The number of thiophene rings is 1. The van der Waals surface area contributed by atoms with Crippen molar-refractivity contribution in [2.45, 2.75) is 5.75 Å². The van der Waals surface area contributed by atoms with E-state index in [4.69, 9.17) is 0 Å². The second kappa shape index (κ2) is 7.81. The molecular weight excluding hydrogens is 361 g/mol. The fraction of sp³-hybridized carbons (Fsp3) is 0.214. The number of carbonyl (C=O) groups is 1. The van der Waals surface area contributed by atoms with Crippen molar-refractivity contribution in [1.82, 2.24) is 5.32 Å². The summed E-state index contributed by atoms with van der Waals surface area (Å²) in [7, 11) is 0. The Bertz CT molecular complexity index is 588. The van der Waals surface area contributed by atoms with Crippen LogP contribution < -0.4 is 5.32 Å². The van der Waals surface area contributed by atoms with Crippen LogP contribution in [-0.4, -0.2) is 18.2 Å². The maximum atomic E-state index is 13.0. The number of nitrogens with one attached hydrogen (secondary N) is 1. The van der Waals surface area contributed by atoms with E-state index in [0.29, 0.717) is 12.1 Å². The van der Waals surface area contributed by atoms with Crippen molar-refractivity contribution in [2.24, 2.45) is 0 Å². The van der Waals surface area contributed by atoms with Gasteiger partial charge in [0.15, 0.2) is 0 Å². The first-order valence-corrected chi connectivity index (χ1v) is 8.77. The molecule has 0 bridgehead atoms. The lowest BCUT2D eigenvalue weighted by Crippen LogP contribution is -2.25. The predicted molar refractivity (Wildman–Crippen MR) is 86.9 cm³/mol. The van der Waals surface area contributed by atoms with E-state index in [-0.39, 0.29) is 5.91 Å². The third-order valence-corrected chi connectivity index (χ3v) is 5.31. The molecule has 20 heavy (non-hydrogen) atoms.